The molecule has 2 nitrogen and oxygen atoms in total. The number of benzene rings is 1. The molecular weight excluding hydrogens is 172 g/mol. The maximum atomic E-state index is 5.78. The van der Waals surface area contributed by atoms with Crippen molar-refractivity contribution < 1.29 is 0 Å². The number of halogens is 1. The van der Waals surface area contributed by atoms with Gasteiger partial charge in [-0.2, -0.15) is 0 Å². The smallest absolute Gasteiger partial charge is 0.125 e. The van der Waals surface area contributed by atoms with Crippen LogP contribution >= 0.6 is 11.6 Å². The molecule has 3 heteroatoms. The number of hydrogen-bond acceptors (Lipinski definition) is 1. The Balaban J connectivity index is 2.95. The molecule has 0 aliphatic rings. The summed E-state index contributed by atoms with van der Waals surface area (Å²) in [5.74, 6) is 0.542. The minimum absolute atomic E-state index is 0.542. The Morgan fingerprint density at radius 3 is 2.92 bits per heavy atom. The van der Waals surface area contributed by atoms with Gasteiger partial charge in [0.05, 0.1) is 0 Å². The van der Waals surface area contributed by atoms with Crippen LogP contribution in [-0.2, 0) is 0 Å². The van der Waals surface area contributed by atoms with Crippen LogP contribution in [0.3, 0.4) is 0 Å². The highest BCUT2D eigenvalue weighted by Gasteiger charge is 1.96. The van der Waals surface area contributed by atoms with Crippen molar-refractivity contribution >= 4 is 17.4 Å². The first-order valence-electron chi connectivity index (χ1n) is 3.80. The molecule has 0 atom stereocenters. The van der Waals surface area contributed by atoms with E-state index in [1.807, 2.05) is 25.1 Å². The molecule has 0 amide bonds. The average Bonchev–Trinajstić information content (AvgIpc) is 2.05. The SMILES string of the molecule is CCN=C(N)c1cccc(Cl)c1. The van der Waals surface area contributed by atoms with E-state index in [0.717, 1.165) is 5.56 Å². The highest BCUT2D eigenvalue weighted by Crippen LogP contribution is 2.09. The number of nitrogens with two attached hydrogens (primary N) is 1. The van der Waals surface area contributed by atoms with Crippen LogP contribution < -0.4 is 5.73 Å². The monoisotopic (exact) mass is 182 g/mol. The second kappa shape index (κ2) is 4.12. The predicted molar refractivity (Wildman–Crippen MR) is 52.7 cm³/mol. The molecule has 12 heavy (non-hydrogen) atoms. The molecule has 64 valence electrons. The zero-order chi connectivity index (χ0) is 8.97. The van der Waals surface area contributed by atoms with Gasteiger partial charge in [-0.1, -0.05) is 23.7 Å². The number of aliphatic imine (C=N–C) groups is 1. The Morgan fingerprint density at radius 1 is 1.58 bits per heavy atom. The van der Waals surface area contributed by atoms with Crippen LogP contribution in [0.1, 0.15) is 12.5 Å². The lowest BCUT2D eigenvalue weighted by Gasteiger charge is -1.99. The first-order chi connectivity index (χ1) is 5.74. The summed E-state index contributed by atoms with van der Waals surface area (Å²) in [6.45, 7) is 2.63. The summed E-state index contributed by atoms with van der Waals surface area (Å²) in [5.41, 5.74) is 6.54. The fourth-order valence-electron chi connectivity index (χ4n) is 0.909. The summed E-state index contributed by atoms with van der Waals surface area (Å²) in [6, 6.07) is 7.36. The topological polar surface area (TPSA) is 38.4 Å². The molecule has 0 spiro atoms. The van der Waals surface area contributed by atoms with Gasteiger partial charge in [0.15, 0.2) is 0 Å². The molecule has 0 radical (unpaired) electrons. The standard InChI is InChI=1S/C9H11ClN2/c1-2-12-9(11)7-4-3-5-8(10)6-7/h3-6H,2H2,1H3,(H2,11,12). The van der Waals surface area contributed by atoms with Crippen LogP contribution in [0, 0.1) is 0 Å². The number of amidine groups is 1. The van der Waals surface area contributed by atoms with Crippen LogP contribution in [0.4, 0.5) is 0 Å². The van der Waals surface area contributed by atoms with E-state index >= 15 is 0 Å². The van der Waals surface area contributed by atoms with Crippen LogP contribution in [0.15, 0.2) is 29.3 Å². The van der Waals surface area contributed by atoms with Crippen LogP contribution in [0.2, 0.25) is 5.02 Å². The maximum absolute atomic E-state index is 5.78. The molecule has 0 saturated heterocycles. The minimum Gasteiger partial charge on any atom is -0.384 e. The van der Waals surface area contributed by atoms with Crippen molar-refractivity contribution in [1.29, 1.82) is 0 Å². The summed E-state index contributed by atoms with van der Waals surface area (Å²) >= 11 is 5.78. The zero-order valence-corrected chi connectivity index (χ0v) is 7.67. The summed E-state index contributed by atoms with van der Waals surface area (Å²) in [6.07, 6.45) is 0. The summed E-state index contributed by atoms with van der Waals surface area (Å²) in [4.78, 5) is 4.07. The maximum Gasteiger partial charge on any atom is 0.125 e. The van der Waals surface area contributed by atoms with E-state index in [4.69, 9.17) is 17.3 Å². The van der Waals surface area contributed by atoms with Crippen molar-refractivity contribution in [2.75, 3.05) is 6.54 Å². The minimum atomic E-state index is 0.542. The third-order valence-corrected chi connectivity index (χ3v) is 1.68. The first-order valence-corrected chi connectivity index (χ1v) is 4.17. The van der Waals surface area contributed by atoms with E-state index in [0.29, 0.717) is 17.4 Å². The van der Waals surface area contributed by atoms with Gasteiger partial charge in [-0.15, -0.1) is 0 Å². The van der Waals surface area contributed by atoms with Gasteiger partial charge >= 0.3 is 0 Å². The lowest BCUT2D eigenvalue weighted by atomic mass is 10.2. The molecule has 0 saturated carbocycles. The Morgan fingerprint density at radius 2 is 2.33 bits per heavy atom. The third kappa shape index (κ3) is 2.24. The van der Waals surface area contributed by atoms with Gasteiger partial charge < -0.3 is 5.73 Å². The van der Waals surface area contributed by atoms with Crippen molar-refractivity contribution in [1.82, 2.24) is 0 Å². The van der Waals surface area contributed by atoms with Crippen LogP contribution in [-0.4, -0.2) is 12.4 Å². The number of hydrogen-bond donors (Lipinski definition) is 1. The zero-order valence-electron chi connectivity index (χ0n) is 6.92. The highest BCUT2D eigenvalue weighted by molar-refractivity contribution is 6.31. The van der Waals surface area contributed by atoms with Gasteiger partial charge in [-0.25, -0.2) is 0 Å². The van der Waals surface area contributed by atoms with Crippen molar-refractivity contribution in [2.24, 2.45) is 10.7 Å². The Labute approximate surface area is 77.1 Å². The molecular formula is C9H11ClN2. The van der Waals surface area contributed by atoms with Crippen LogP contribution in [0.25, 0.3) is 0 Å². The molecule has 0 aromatic heterocycles. The second-order valence-corrected chi connectivity index (χ2v) is 2.81. The summed E-state index contributed by atoms with van der Waals surface area (Å²) in [5, 5.41) is 0.682. The average molecular weight is 183 g/mol. The fraction of sp³-hybridized carbons (Fsp3) is 0.222. The molecule has 1 aromatic carbocycles. The first kappa shape index (κ1) is 9.07. The van der Waals surface area contributed by atoms with Crippen molar-refractivity contribution in [3.05, 3.63) is 34.9 Å². The third-order valence-electron chi connectivity index (χ3n) is 1.45. The number of nitrogens with zero attached hydrogens (tertiary/aromatic N) is 1. The second-order valence-electron chi connectivity index (χ2n) is 2.37. The molecule has 0 aliphatic carbocycles. The van der Waals surface area contributed by atoms with Gasteiger partial charge in [0.2, 0.25) is 0 Å². The van der Waals surface area contributed by atoms with Gasteiger partial charge in [0.25, 0.3) is 0 Å². The molecule has 0 bridgehead atoms. The van der Waals surface area contributed by atoms with Crippen molar-refractivity contribution in [3.8, 4) is 0 Å². The van der Waals surface area contributed by atoms with Gasteiger partial charge in [-0.3, -0.25) is 4.99 Å². The van der Waals surface area contributed by atoms with Gasteiger partial charge in [0.1, 0.15) is 5.84 Å². The van der Waals surface area contributed by atoms with Crippen LogP contribution in [0.5, 0.6) is 0 Å². The van der Waals surface area contributed by atoms with Gasteiger partial charge in [0, 0.05) is 17.1 Å². The highest BCUT2D eigenvalue weighted by atomic mass is 35.5. The van der Waals surface area contributed by atoms with Crippen molar-refractivity contribution in [3.63, 3.8) is 0 Å². The quantitative estimate of drug-likeness (QED) is 0.552. The summed E-state index contributed by atoms with van der Waals surface area (Å²) in [7, 11) is 0. The van der Waals surface area contributed by atoms with E-state index in [2.05, 4.69) is 4.99 Å². The molecule has 0 unspecified atom stereocenters. The lowest BCUT2D eigenvalue weighted by molar-refractivity contribution is 1.12. The molecule has 0 fully saturated rings. The number of rotatable bonds is 2. The van der Waals surface area contributed by atoms with Crippen molar-refractivity contribution in [2.45, 2.75) is 6.92 Å². The summed E-state index contributed by atoms with van der Waals surface area (Å²) < 4.78 is 0. The Kier molecular flexibility index (Phi) is 3.11. The van der Waals surface area contributed by atoms with Gasteiger partial charge in [-0.05, 0) is 19.1 Å². The largest absolute Gasteiger partial charge is 0.384 e. The molecule has 1 rings (SSSR count). The molecule has 0 aliphatic heterocycles. The Hall–Kier alpha value is -1.02. The Bertz CT molecular complexity index is 294. The van der Waals surface area contributed by atoms with E-state index < -0.39 is 0 Å². The molecule has 2 N–H and O–H groups in total. The predicted octanol–water partition coefficient (Wildman–Crippen LogP) is 2.07. The van der Waals surface area contributed by atoms with E-state index in [-0.39, 0.29) is 0 Å². The fourth-order valence-corrected chi connectivity index (χ4v) is 1.10. The lowest BCUT2D eigenvalue weighted by Crippen LogP contribution is -2.13. The molecule has 0 heterocycles. The molecule has 1 aromatic rings. The van der Waals surface area contributed by atoms with E-state index in [1.165, 1.54) is 0 Å². The van der Waals surface area contributed by atoms with E-state index in [9.17, 15) is 0 Å². The normalized spacial score (nSPS) is 11.7. The van der Waals surface area contributed by atoms with E-state index in [1.54, 1.807) is 6.07 Å².